The lowest BCUT2D eigenvalue weighted by molar-refractivity contribution is -0.115. The van der Waals surface area contributed by atoms with Gasteiger partial charge in [0.05, 0.1) is 12.7 Å². The molecule has 4 aromatic rings. The van der Waals surface area contributed by atoms with Gasteiger partial charge in [-0.05, 0) is 48.9 Å². The number of aromatic nitrogens is 3. The summed E-state index contributed by atoms with van der Waals surface area (Å²) in [5.74, 6) is 0.905. The summed E-state index contributed by atoms with van der Waals surface area (Å²) in [5, 5.41) is 13.2. The molecular weight excluding hydrogens is 504 g/mol. The van der Waals surface area contributed by atoms with Crippen molar-refractivity contribution in [2.45, 2.75) is 43.7 Å². The molecule has 0 atom stereocenters. The third-order valence-electron chi connectivity index (χ3n) is 6.32. The second kappa shape index (κ2) is 11.7. The largest absolute Gasteiger partial charge is 0.465 e. The van der Waals surface area contributed by atoms with Crippen LogP contribution in [0.5, 0.6) is 0 Å². The van der Waals surface area contributed by atoms with Crippen LogP contribution >= 0.6 is 23.1 Å². The van der Waals surface area contributed by atoms with Gasteiger partial charge in [-0.25, -0.2) is 4.79 Å². The van der Waals surface area contributed by atoms with Crippen molar-refractivity contribution in [1.29, 1.82) is 0 Å². The molecule has 1 amide bonds. The monoisotopic (exact) mass is 532 g/mol. The number of ether oxygens (including phenoxy) is 1. The normalized spacial score (nSPS) is 12.4. The Morgan fingerprint density at radius 3 is 2.54 bits per heavy atom. The second-order valence-electron chi connectivity index (χ2n) is 8.76. The van der Waals surface area contributed by atoms with Crippen LogP contribution in [0.15, 0.2) is 65.8 Å². The Hall–Kier alpha value is -3.43. The van der Waals surface area contributed by atoms with Crippen molar-refractivity contribution < 1.29 is 14.3 Å². The smallest absolute Gasteiger partial charge is 0.341 e. The SMILES string of the molecule is COC(=O)c1c(NC(=O)CCSc2nnc(CCc3ccccc3)n2-c2ccccc2)sc2c1CCC2. The fraction of sp³-hybridized carbons (Fsp3) is 0.286. The van der Waals surface area contributed by atoms with Crippen molar-refractivity contribution in [3.05, 3.63) is 88.1 Å². The van der Waals surface area contributed by atoms with E-state index >= 15 is 0 Å². The highest BCUT2D eigenvalue weighted by Crippen LogP contribution is 2.39. The number of carbonyl (C=O) groups is 2. The van der Waals surface area contributed by atoms with E-state index in [-0.39, 0.29) is 18.3 Å². The van der Waals surface area contributed by atoms with Gasteiger partial charge in [-0.2, -0.15) is 0 Å². The van der Waals surface area contributed by atoms with Crippen molar-refractivity contribution in [3.8, 4) is 5.69 Å². The number of fused-ring (bicyclic) bond motifs is 1. The summed E-state index contributed by atoms with van der Waals surface area (Å²) in [4.78, 5) is 26.3. The molecule has 0 saturated heterocycles. The number of amides is 1. The Morgan fingerprint density at radius 1 is 1.03 bits per heavy atom. The number of esters is 1. The molecule has 2 aromatic carbocycles. The average molecular weight is 533 g/mol. The molecule has 0 spiro atoms. The lowest BCUT2D eigenvalue weighted by atomic mass is 10.1. The van der Waals surface area contributed by atoms with Crippen LogP contribution in [-0.2, 0) is 35.2 Å². The predicted octanol–water partition coefficient (Wildman–Crippen LogP) is 5.51. The summed E-state index contributed by atoms with van der Waals surface area (Å²) < 4.78 is 7.06. The summed E-state index contributed by atoms with van der Waals surface area (Å²) in [7, 11) is 1.38. The molecule has 1 N–H and O–H groups in total. The van der Waals surface area contributed by atoms with E-state index in [9.17, 15) is 9.59 Å². The van der Waals surface area contributed by atoms with Gasteiger partial charge in [-0.15, -0.1) is 21.5 Å². The number of benzene rings is 2. The molecule has 0 unspecified atom stereocenters. The minimum Gasteiger partial charge on any atom is -0.465 e. The predicted molar refractivity (Wildman–Crippen MR) is 147 cm³/mol. The topological polar surface area (TPSA) is 86.1 Å². The number of thiophene rings is 1. The third-order valence-corrected chi connectivity index (χ3v) is 8.46. The molecule has 190 valence electrons. The maximum atomic E-state index is 12.8. The summed E-state index contributed by atoms with van der Waals surface area (Å²) in [6.07, 6.45) is 4.74. The number of rotatable bonds is 10. The van der Waals surface area contributed by atoms with E-state index in [2.05, 4.69) is 32.2 Å². The van der Waals surface area contributed by atoms with Crippen LogP contribution < -0.4 is 5.32 Å². The fourth-order valence-corrected chi connectivity index (χ4v) is 6.73. The Balaban J connectivity index is 1.25. The van der Waals surface area contributed by atoms with Crippen LogP contribution in [0.25, 0.3) is 5.69 Å². The van der Waals surface area contributed by atoms with Crippen LogP contribution in [0.3, 0.4) is 0 Å². The van der Waals surface area contributed by atoms with Gasteiger partial charge in [-0.1, -0.05) is 60.3 Å². The highest BCUT2D eigenvalue weighted by Gasteiger charge is 2.28. The highest BCUT2D eigenvalue weighted by molar-refractivity contribution is 7.99. The standard InChI is InChI=1S/C28H28N4O3S2/c1-35-27(34)25-21-13-8-14-22(21)37-26(25)29-24(33)17-18-36-28-31-30-23(16-15-19-9-4-2-5-10-19)32(28)20-11-6-3-7-12-20/h2-7,9-12H,8,13-18H2,1H3,(H,29,33). The zero-order valence-electron chi connectivity index (χ0n) is 20.6. The lowest BCUT2D eigenvalue weighted by Gasteiger charge is -2.10. The molecule has 0 saturated carbocycles. The van der Waals surface area contributed by atoms with Gasteiger partial charge in [0.25, 0.3) is 0 Å². The molecule has 37 heavy (non-hydrogen) atoms. The van der Waals surface area contributed by atoms with Crippen molar-refractivity contribution >= 4 is 40.0 Å². The Bertz CT molecular complexity index is 1380. The number of hydrogen-bond acceptors (Lipinski definition) is 7. The van der Waals surface area contributed by atoms with Crippen molar-refractivity contribution in [3.63, 3.8) is 0 Å². The molecule has 0 bridgehead atoms. The van der Waals surface area contributed by atoms with Gasteiger partial charge in [0.2, 0.25) is 5.91 Å². The fourth-order valence-electron chi connectivity index (χ4n) is 4.53. The van der Waals surface area contributed by atoms with E-state index in [4.69, 9.17) is 4.74 Å². The quantitative estimate of drug-likeness (QED) is 0.214. The van der Waals surface area contributed by atoms with Crippen LogP contribution in [0, 0.1) is 0 Å². The van der Waals surface area contributed by atoms with E-state index in [1.54, 1.807) is 0 Å². The van der Waals surface area contributed by atoms with Crippen LogP contribution in [0.1, 0.15) is 45.0 Å². The molecule has 0 radical (unpaired) electrons. The van der Waals surface area contributed by atoms with Gasteiger partial charge < -0.3 is 10.1 Å². The van der Waals surface area contributed by atoms with E-state index < -0.39 is 0 Å². The van der Waals surface area contributed by atoms with E-state index in [0.29, 0.717) is 16.3 Å². The first-order chi connectivity index (χ1) is 18.1. The van der Waals surface area contributed by atoms with Crippen LogP contribution in [0.4, 0.5) is 5.00 Å². The molecule has 2 heterocycles. The number of nitrogens with one attached hydrogen (secondary N) is 1. The Morgan fingerprint density at radius 2 is 1.78 bits per heavy atom. The van der Waals surface area contributed by atoms with Gasteiger partial charge in [0, 0.05) is 29.2 Å². The summed E-state index contributed by atoms with van der Waals surface area (Å²) >= 11 is 2.99. The maximum Gasteiger partial charge on any atom is 0.341 e. The molecular formula is C28H28N4O3S2. The highest BCUT2D eigenvalue weighted by atomic mass is 32.2. The number of thioether (sulfide) groups is 1. The summed E-state index contributed by atoms with van der Waals surface area (Å²) in [5.41, 5.74) is 3.80. The number of nitrogens with zero attached hydrogens (tertiary/aromatic N) is 3. The van der Waals surface area contributed by atoms with E-state index in [0.717, 1.165) is 54.3 Å². The summed E-state index contributed by atoms with van der Waals surface area (Å²) in [6, 6.07) is 20.4. The first-order valence-corrected chi connectivity index (χ1v) is 14.1. The molecule has 1 aliphatic rings. The van der Waals surface area contributed by atoms with Crippen molar-refractivity contribution in [1.82, 2.24) is 14.8 Å². The average Bonchev–Trinajstić information content (AvgIpc) is 3.63. The van der Waals surface area contributed by atoms with Crippen LogP contribution in [-0.4, -0.2) is 39.5 Å². The first-order valence-electron chi connectivity index (χ1n) is 12.3. The number of methoxy groups -OCH3 is 1. The second-order valence-corrected chi connectivity index (χ2v) is 10.9. The molecule has 1 aliphatic carbocycles. The van der Waals surface area contributed by atoms with Gasteiger partial charge in [0.15, 0.2) is 5.16 Å². The number of anilines is 1. The number of aryl methyl sites for hydroxylation is 3. The molecule has 2 aromatic heterocycles. The van der Waals surface area contributed by atoms with Gasteiger partial charge >= 0.3 is 5.97 Å². The molecule has 5 rings (SSSR count). The van der Waals surface area contributed by atoms with Gasteiger partial charge in [0.1, 0.15) is 10.8 Å². The molecule has 7 nitrogen and oxygen atoms in total. The third kappa shape index (κ3) is 5.78. The van der Waals surface area contributed by atoms with Crippen LogP contribution in [0.2, 0.25) is 0 Å². The van der Waals surface area contributed by atoms with Crippen molar-refractivity contribution in [2.24, 2.45) is 0 Å². The first kappa shape index (κ1) is 25.2. The lowest BCUT2D eigenvalue weighted by Crippen LogP contribution is -2.15. The zero-order chi connectivity index (χ0) is 25.6. The maximum absolute atomic E-state index is 12.8. The number of hydrogen-bond donors (Lipinski definition) is 1. The van der Waals surface area contributed by atoms with Crippen molar-refractivity contribution in [2.75, 3.05) is 18.2 Å². The molecule has 0 fully saturated rings. The Labute approximate surface area is 224 Å². The minimum atomic E-state index is -0.386. The van der Waals surface area contributed by atoms with Gasteiger partial charge in [-0.3, -0.25) is 9.36 Å². The number of para-hydroxylation sites is 1. The summed E-state index contributed by atoms with van der Waals surface area (Å²) in [6.45, 7) is 0. The minimum absolute atomic E-state index is 0.132. The Kier molecular flexibility index (Phi) is 8.01. The molecule has 9 heteroatoms. The van der Waals surface area contributed by atoms with E-state index in [1.165, 1.54) is 40.6 Å². The molecule has 0 aliphatic heterocycles. The zero-order valence-corrected chi connectivity index (χ0v) is 22.2. The van der Waals surface area contributed by atoms with E-state index in [1.807, 2.05) is 48.5 Å². The number of carbonyl (C=O) groups excluding carboxylic acids is 2.